The third-order valence-corrected chi connectivity index (χ3v) is 4.09. The zero-order valence-electron chi connectivity index (χ0n) is 13.6. The minimum Gasteiger partial charge on any atom is -0.310 e. The molecule has 0 amide bonds. The van der Waals surface area contributed by atoms with Crippen molar-refractivity contribution in [3.8, 4) is 0 Å². The quantitative estimate of drug-likeness (QED) is 0.855. The van der Waals surface area contributed by atoms with Crippen LogP contribution < -0.4 is 5.32 Å². The van der Waals surface area contributed by atoms with Crippen LogP contribution in [0.15, 0.2) is 36.7 Å². The van der Waals surface area contributed by atoms with Gasteiger partial charge >= 0.3 is 0 Å². The molecule has 2 aromatic rings. The lowest BCUT2D eigenvalue weighted by atomic mass is 9.95. The van der Waals surface area contributed by atoms with Crippen molar-refractivity contribution < 1.29 is 0 Å². The van der Waals surface area contributed by atoms with E-state index in [0.717, 1.165) is 19.4 Å². The number of aromatic nitrogens is 1. The van der Waals surface area contributed by atoms with E-state index in [9.17, 15) is 0 Å². The molecule has 21 heavy (non-hydrogen) atoms. The number of hydrogen-bond donors (Lipinski definition) is 1. The van der Waals surface area contributed by atoms with Gasteiger partial charge in [0, 0.05) is 18.4 Å². The van der Waals surface area contributed by atoms with Crippen LogP contribution in [0, 0.1) is 20.8 Å². The second kappa shape index (κ2) is 7.37. The molecule has 2 rings (SSSR count). The summed E-state index contributed by atoms with van der Waals surface area (Å²) in [5.41, 5.74) is 6.74. The van der Waals surface area contributed by atoms with E-state index in [1.807, 2.05) is 12.4 Å². The normalized spacial score (nSPS) is 12.4. The maximum atomic E-state index is 4.21. The second-order valence-corrected chi connectivity index (χ2v) is 5.86. The Morgan fingerprint density at radius 3 is 2.52 bits per heavy atom. The summed E-state index contributed by atoms with van der Waals surface area (Å²) < 4.78 is 0. The monoisotopic (exact) mass is 282 g/mol. The highest BCUT2D eigenvalue weighted by Gasteiger charge is 2.14. The highest BCUT2D eigenvalue weighted by molar-refractivity contribution is 5.33. The molecule has 1 atom stereocenters. The molecule has 2 heteroatoms. The molecule has 0 radical (unpaired) electrons. The van der Waals surface area contributed by atoms with E-state index in [4.69, 9.17) is 0 Å². The largest absolute Gasteiger partial charge is 0.310 e. The van der Waals surface area contributed by atoms with Gasteiger partial charge in [-0.25, -0.2) is 0 Å². The molecule has 1 unspecified atom stereocenters. The first-order valence-electron chi connectivity index (χ1n) is 7.81. The fraction of sp³-hybridized carbons (Fsp3) is 0.421. The lowest BCUT2D eigenvalue weighted by molar-refractivity contribution is 0.526. The Morgan fingerprint density at radius 1 is 1.05 bits per heavy atom. The van der Waals surface area contributed by atoms with Crippen LogP contribution in [-0.2, 0) is 6.42 Å². The number of aryl methyl sites for hydroxylation is 3. The first-order chi connectivity index (χ1) is 10.1. The lowest BCUT2D eigenvalue weighted by Crippen LogP contribution is -2.25. The van der Waals surface area contributed by atoms with Gasteiger partial charge in [0.05, 0.1) is 0 Å². The maximum absolute atomic E-state index is 4.21. The highest BCUT2D eigenvalue weighted by Crippen LogP contribution is 2.22. The predicted octanol–water partition coefficient (Wildman–Crippen LogP) is 4.29. The molecule has 0 bridgehead atoms. The molecular weight excluding hydrogens is 256 g/mol. The number of pyridine rings is 1. The van der Waals surface area contributed by atoms with Crippen molar-refractivity contribution in [2.24, 2.45) is 0 Å². The van der Waals surface area contributed by atoms with Crippen molar-refractivity contribution in [3.63, 3.8) is 0 Å². The number of nitrogens with zero attached hydrogens (tertiary/aromatic N) is 1. The van der Waals surface area contributed by atoms with E-state index in [1.165, 1.54) is 27.8 Å². The van der Waals surface area contributed by atoms with Crippen molar-refractivity contribution in [3.05, 3.63) is 64.5 Å². The topological polar surface area (TPSA) is 24.9 Å². The summed E-state index contributed by atoms with van der Waals surface area (Å²) in [6.07, 6.45) is 6.01. The van der Waals surface area contributed by atoms with Crippen LogP contribution >= 0.6 is 0 Å². The summed E-state index contributed by atoms with van der Waals surface area (Å²) in [6, 6.07) is 9.28. The van der Waals surface area contributed by atoms with E-state index < -0.39 is 0 Å². The third kappa shape index (κ3) is 4.15. The minimum atomic E-state index is 0.357. The molecule has 0 saturated heterocycles. The summed E-state index contributed by atoms with van der Waals surface area (Å²) in [4.78, 5) is 4.21. The number of benzene rings is 1. The molecule has 1 N–H and O–H groups in total. The van der Waals surface area contributed by atoms with Crippen LogP contribution in [0.5, 0.6) is 0 Å². The highest BCUT2D eigenvalue weighted by atomic mass is 14.9. The van der Waals surface area contributed by atoms with E-state index in [2.05, 4.69) is 62.3 Å². The van der Waals surface area contributed by atoms with Gasteiger partial charge in [-0.15, -0.1) is 0 Å². The standard InChI is InChI=1S/C19H26N2/c1-5-9-21-19(18-8-10-20-13-16(18)4)12-17-7-6-14(2)15(3)11-17/h6-8,10-11,13,19,21H,5,9,12H2,1-4H3. The van der Waals surface area contributed by atoms with Gasteiger partial charge < -0.3 is 5.32 Å². The van der Waals surface area contributed by atoms with Gasteiger partial charge in [0.25, 0.3) is 0 Å². The Kier molecular flexibility index (Phi) is 5.51. The van der Waals surface area contributed by atoms with Gasteiger partial charge in [-0.05, 0) is 74.0 Å². The molecule has 0 aliphatic rings. The Balaban J connectivity index is 2.24. The molecule has 1 aromatic heterocycles. The summed E-state index contributed by atoms with van der Waals surface area (Å²) in [5.74, 6) is 0. The van der Waals surface area contributed by atoms with Gasteiger partial charge in [0.15, 0.2) is 0 Å². The summed E-state index contributed by atoms with van der Waals surface area (Å²) in [5, 5.41) is 3.68. The fourth-order valence-corrected chi connectivity index (χ4v) is 2.65. The van der Waals surface area contributed by atoms with Gasteiger partial charge in [-0.2, -0.15) is 0 Å². The molecule has 0 aliphatic carbocycles. The average Bonchev–Trinajstić information content (AvgIpc) is 2.48. The van der Waals surface area contributed by atoms with Crippen LogP contribution in [0.3, 0.4) is 0 Å². The molecular formula is C19H26N2. The van der Waals surface area contributed by atoms with Crippen molar-refractivity contribution >= 4 is 0 Å². The molecule has 1 heterocycles. The molecule has 112 valence electrons. The van der Waals surface area contributed by atoms with Crippen molar-refractivity contribution in [1.29, 1.82) is 0 Å². The van der Waals surface area contributed by atoms with Crippen LogP contribution in [0.25, 0.3) is 0 Å². The van der Waals surface area contributed by atoms with E-state index in [-0.39, 0.29) is 0 Å². The van der Waals surface area contributed by atoms with Crippen molar-refractivity contribution in [1.82, 2.24) is 10.3 Å². The molecule has 0 fully saturated rings. The lowest BCUT2D eigenvalue weighted by Gasteiger charge is -2.21. The van der Waals surface area contributed by atoms with Gasteiger partial charge in [0.1, 0.15) is 0 Å². The number of rotatable bonds is 6. The molecule has 1 aromatic carbocycles. The summed E-state index contributed by atoms with van der Waals surface area (Å²) in [6.45, 7) is 9.74. The Labute approximate surface area is 128 Å². The molecule has 0 spiro atoms. The Bertz CT molecular complexity index is 590. The molecule has 0 saturated carbocycles. The van der Waals surface area contributed by atoms with Crippen LogP contribution in [0.1, 0.15) is 47.2 Å². The van der Waals surface area contributed by atoms with Crippen LogP contribution in [0.4, 0.5) is 0 Å². The number of hydrogen-bond acceptors (Lipinski definition) is 2. The van der Waals surface area contributed by atoms with Crippen molar-refractivity contribution in [2.75, 3.05) is 6.54 Å². The van der Waals surface area contributed by atoms with Gasteiger partial charge in [0.2, 0.25) is 0 Å². The summed E-state index contributed by atoms with van der Waals surface area (Å²) in [7, 11) is 0. The SMILES string of the molecule is CCCNC(Cc1ccc(C)c(C)c1)c1ccncc1C. The number of nitrogens with one attached hydrogen (secondary N) is 1. The smallest absolute Gasteiger partial charge is 0.0364 e. The Hall–Kier alpha value is -1.67. The second-order valence-electron chi connectivity index (χ2n) is 5.86. The Morgan fingerprint density at radius 2 is 1.86 bits per heavy atom. The van der Waals surface area contributed by atoms with Crippen LogP contribution in [0.2, 0.25) is 0 Å². The molecule has 2 nitrogen and oxygen atoms in total. The van der Waals surface area contributed by atoms with Gasteiger partial charge in [-0.1, -0.05) is 25.1 Å². The average molecular weight is 282 g/mol. The predicted molar refractivity (Wildman–Crippen MR) is 89.6 cm³/mol. The van der Waals surface area contributed by atoms with Crippen molar-refractivity contribution in [2.45, 2.75) is 46.6 Å². The van der Waals surface area contributed by atoms with Crippen LogP contribution in [-0.4, -0.2) is 11.5 Å². The first-order valence-corrected chi connectivity index (χ1v) is 7.81. The van der Waals surface area contributed by atoms with Gasteiger partial charge in [-0.3, -0.25) is 4.98 Å². The maximum Gasteiger partial charge on any atom is 0.0364 e. The summed E-state index contributed by atoms with van der Waals surface area (Å²) >= 11 is 0. The molecule has 0 aliphatic heterocycles. The third-order valence-electron chi connectivity index (χ3n) is 4.09. The fourth-order valence-electron chi connectivity index (χ4n) is 2.65. The zero-order valence-corrected chi connectivity index (χ0v) is 13.6. The zero-order chi connectivity index (χ0) is 15.2. The van der Waals surface area contributed by atoms with E-state index >= 15 is 0 Å². The first kappa shape index (κ1) is 15.7. The van der Waals surface area contributed by atoms with E-state index in [0.29, 0.717) is 6.04 Å². The minimum absolute atomic E-state index is 0.357. The van der Waals surface area contributed by atoms with E-state index in [1.54, 1.807) is 0 Å².